The lowest BCUT2D eigenvalue weighted by Crippen LogP contribution is -1.73. The third-order valence-corrected chi connectivity index (χ3v) is 12.1. The summed E-state index contributed by atoms with van der Waals surface area (Å²) < 4.78 is 23.3. The predicted molar refractivity (Wildman–Crippen MR) is 404 cm³/mol. The Balaban J connectivity index is 0.00000103. The Hall–Kier alpha value is -8.60. The molecule has 11 aromatic carbocycles. The smallest absolute Gasteiger partial charge is 0.143 e. The lowest BCUT2D eigenvalue weighted by molar-refractivity contribution is 0.668. The van der Waals surface area contributed by atoms with Crippen LogP contribution in [0.5, 0.6) is 0 Å². The summed E-state index contributed by atoms with van der Waals surface area (Å²) in [6.07, 6.45) is 0. The molecule has 0 radical (unpaired) electrons. The zero-order valence-corrected chi connectivity index (χ0v) is 58.6. The third-order valence-electron chi connectivity index (χ3n) is 12.1. The Morgan fingerprint density at radius 2 is 0.432 bits per heavy atom. The first-order valence-electron chi connectivity index (χ1n) is 33.5. The van der Waals surface area contributed by atoms with Crippen LogP contribution >= 0.6 is 0 Å². The standard InChI is InChI=1S/3C16H10O.C12H8O.12C2H6/c1-2-6-12-10-16-14(9-11(12)5-1)13-7-3-4-8-15(13)17-16;1-2-6-12-11(5-1)9-10-14-13-7-3-4-8-15(13)17-16(12)14;1-2-6-12-11(5-1)9-10-15-16(12)13-7-3-4-8-14(13)17-15;1-3-7-11-9(5-1)10-6-2-4-8-12(10)13-11;12*1-2/h3*1-10H;1-8H;12*1-2H3. The lowest BCUT2D eigenvalue weighted by Gasteiger charge is -1.98. The number of rotatable bonds is 0. The van der Waals surface area contributed by atoms with E-state index in [0.717, 1.165) is 44.7 Å². The van der Waals surface area contributed by atoms with Crippen molar-refractivity contribution >= 4 is 120 Å². The Labute approximate surface area is 531 Å². The van der Waals surface area contributed by atoms with Crippen molar-refractivity contribution in [3.05, 3.63) is 231 Å². The zero-order chi connectivity index (χ0) is 66.4. The first kappa shape index (κ1) is 79.4. The van der Waals surface area contributed by atoms with Crippen molar-refractivity contribution in [3.8, 4) is 0 Å². The van der Waals surface area contributed by atoms with Gasteiger partial charge >= 0.3 is 0 Å². The molecule has 0 aliphatic rings. The van der Waals surface area contributed by atoms with Crippen LogP contribution in [0.2, 0.25) is 0 Å². The summed E-state index contributed by atoms with van der Waals surface area (Å²) in [5.41, 5.74) is 7.71. The predicted octanol–water partition coefficient (Wildman–Crippen LogP) is 30.1. The van der Waals surface area contributed by atoms with Gasteiger partial charge in [0.1, 0.15) is 44.7 Å². The molecule has 0 amide bonds. The second-order valence-corrected chi connectivity index (χ2v) is 15.9. The van der Waals surface area contributed by atoms with Crippen molar-refractivity contribution in [2.24, 2.45) is 0 Å². The average molecular weight is 1180 g/mol. The van der Waals surface area contributed by atoms with Gasteiger partial charge in [-0.25, -0.2) is 0 Å². The largest absolute Gasteiger partial charge is 0.456 e. The number of furan rings is 4. The molecule has 4 heteroatoms. The summed E-state index contributed by atoms with van der Waals surface area (Å²) in [6.45, 7) is 48.0. The van der Waals surface area contributed by atoms with Crippen LogP contribution in [0.25, 0.3) is 120 Å². The van der Waals surface area contributed by atoms with Crippen molar-refractivity contribution in [2.45, 2.75) is 166 Å². The summed E-state index contributed by atoms with van der Waals surface area (Å²) >= 11 is 0. The number of fused-ring (bicyclic) bond motifs is 17. The molecule has 0 N–H and O–H groups in total. The number of hydrogen-bond acceptors (Lipinski definition) is 4. The fourth-order valence-corrected chi connectivity index (χ4v) is 9.03. The molecule has 4 nitrogen and oxygen atoms in total. The van der Waals surface area contributed by atoms with Crippen molar-refractivity contribution in [1.82, 2.24) is 0 Å². The molecule has 0 aliphatic heterocycles. The van der Waals surface area contributed by atoms with Gasteiger partial charge in [-0.05, 0) is 81.5 Å². The van der Waals surface area contributed by atoms with Gasteiger partial charge in [0, 0.05) is 48.5 Å². The lowest BCUT2D eigenvalue weighted by atomic mass is 10.0. The molecule has 15 aromatic rings. The van der Waals surface area contributed by atoms with Gasteiger partial charge in [-0.15, -0.1) is 0 Å². The average Bonchev–Trinajstić information content (AvgIpc) is 2.14. The second-order valence-electron chi connectivity index (χ2n) is 15.9. The summed E-state index contributed by atoms with van der Waals surface area (Å²) in [7, 11) is 0. The van der Waals surface area contributed by atoms with Crippen molar-refractivity contribution in [2.75, 3.05) is 0 Å². The fraction of sp³-hybridized carbons (Fsp3) is 0.286. The maximum absolute atomic E-state index is 5.97. The van der Waals surface area contributed by atoms with Crippen LogP contribution < -0.4 is 0 Å². The van der Waals surface area contributed by atoms with E-state index in [-0.39, 0.29) is 0 Å². The van der Waals surface area contributed by atoms with E-state index in [1.54, 1.807) is 0 Å². The molecule has 470 valence electrons. The number of para-hydroxylation sites is 5. The quantitative estimate of drug-likeness (QED) is 0.152. The Kier molecular flexibility index (Phi) is 42.9. The first-order chi connectivity index (χ1) is 43.7. The summed E-state index contributed by atoms with van der Waals surface area (Å²) in [6, 6.07) is 78.7. The maximum atomic E-state index is 5.97. The highest BCUT2D eigenvalue weighted by atomic mass is 16.3. The van der Waals surface area contributed by atoms with Crippen LogP contribution in [-0.4, -0.2) is 0 Å². The van der Waals surface area contributed by atoms with Crippen LogP contribution in [0.1, 0.15) is 166 Å². The molecule has 4 aromatic heterocycles. The summed E-state index contributed by atoms with van der Waals surface area (Å²) in [5, 5.41) is 17.0. The van der Waals surface area contributed by atoms with E-state index < -0.39 is 0 Å². The monoisotopic (exact) mass is 1180 g/mol. The van der Waals surface area contributed by atoms with Crippen LogP contribution in [0.3, 0.4) is 0 Å². The molecular weight excluding hydrogens is 1070 g/mol. The van der Waals surface area contributed by atoms with E-state index in [4.69, 9.17) is 17.7 Å². The minimum atomic E-state index is 0.956. The molecule has 0 saturated carbocycles. The second kappa shape index (κ2) is 47.5. The van der Waals surface area contributed by atoms with Gasteiger partial charge < -0.3 is 17.7 Å². The fourth-order valence-electron chi connectivity index (χ4n) is 9.03. The van der Waals surface area contributed by atoms with E-state index in [0.29, 0.717) is 0 Å². The third kappa shape index (κ3) is 20.2. The van der Waals surface area contributed by atoms with Gasteiger partial charge in [0.15, 0.2) is 0 Å². The molecular formula is C84H110O4. The minimum Gasteiger partial charge on any atom is -0.456 e. The highest BCUT2D eigenvalue weighted by molar-refractivity contribution is 6.19. The molecule has 88 heavy (non-hydrogen) atoms. The Morgan fingerprint density at radius 3 is 0.875 bits per heavy atom. The van der Waals surface area contributed by atoms with Crippen LogP contribution in [0.15, 0.2) is 248 Å². The highest BCUT2D eigenvalue weighted by Gasteiger charge is 2.11. The van der Waals surface area contributed by atoms with Gasteiger partial charge in [-0.3, -0.25) is 0 Å². The summed E-state index contributed by atoms with van der Waals surface area (Å²) in [5.74, 6) is 0. The van der Waals surface area contributed by atoms with Crippen molar-refractivity contribution in [3.63, 3.8) is 0 Å². The van der Waals surface area contributed by atoms with E-state index in [9.17, 15) is 0 Å². The van der Waals surface area contributed by atoms with E-state index in [1.807, 2.05) is 251 Å². The van der Waals surface area contributed by atoms with Gasteiger partial charge in [0.05, 0.1) is 0 Å². The van der Waals surface area contributed by atoms with Gasteiger partial charge in [0.25, 0.3) is 0 Å². The Morgan fingerprint density at radius 1 is 0.159 bits per heavy atom. The van der Waals surface area contributed by atoms with Crippen LogP contribution in [0.4, 0.5) is 0 Å². The van der Waals surface area contributed by atoms with Crippen molar-refractivity contribution < 1.29 is 17.7 Å². The van der Waals surface area contributed by atoms with E-state index in [2.05, 4.69) is 146 Å². The molecule has 0 aliphatic carbocycles. The van der Waals surface area contributed by atoms with E-state index in [1.165, 1.54) is 75.4 Å². The molecule has 0 atom stereocenters. The van der Waals surface area contributed by atoms with Gasteiger partial charge in [-0.1, -0.05) is 342 Å². The molecule has 4 heterocycles. The van der Waals surface area contributed by atoms with Crippen LogP contribution in [-0.2, 0) is 0 Å². The molecule has 0 spiro atoms. The molecule has 15 rings (SSSR count). The molecule has 0 bridgehead atoms. The van der Waals surface area contributed by atoms with Crippen molar-refractivity contribution in [1.29, 1.82) is 0 Å². The summed E-state index contributed by atoms with van der Waals surface area (Å²) in [4.78, 5) is 0. The zero-order valence-electron chi connectivity index (χ0n) is 58.6. The molecule has 0 unspecified atom stereocenters. The maximum Gasteiger partial charge on any atom is 0.143 e. The SMILES string of the molecule is CC.CC.CC.CC.CC.CC.CC.CC.CC.CC.CC.CC.c1ccc2c(c1)ccc1c3ccccc3oc21.c1ccc2c(c1)ccc1oc3ccccc3c12.c1ccc2c(c1)oc1ccccc12.c1ccc2cc3c(cc2c1)oc1ccccc13. The molecule has 0 saturated heterocycles. The Bertz CT molecular complexity index is 4060. The highest BCUT2D eigenvalue weighted by Crippen LogP contribution is 2.36. The van der Waals surface area contributed by atoms with Gasteiger partial charge in [0.2, 0.25) is 0 Å². The number of benzene rings is 11. The number of hydrogen-bond donors (Lipinski definition) is 0. The first-order valence-corrected chi connectivity index (χ1v) is 33.5. The normalized spacial score (nSPS) is 9.14. The molecule has 0 fully saturated rings. The van der Waals surface area contributed by atoms with Crippen LogP contribution in [0, 0.1) is 0 Å². The van der Waals surface area contributed by atoms with E-state index >= 15 is 0 Å². The topological polar surface area (TPSA) is 52.6 Å². The van der Waals surface area contributed by atoms with Gasteiger partial charge in [-0.2, -0.15) is 0 Å². The minimum absolute atomic E-state index is 0.956.